The lowest BCUT2D eigenvalue weighted by molar-refractivity contribution is -0.118. The van der Waals surface area contributed by atoms with Crippen molar-refractivity contribution in [1.29, 1.82) is 5.26 Å². The van der Waals surface area contributed by atoms with E-state index in [0.717, 1.165) is 21.9 Å². The molecule has 2 heterocycles. The number of allylic oxidation sites excluding steroid dienone is 3. The summed E-state index contributed by atoms with van der Waals surface area (Å²) in [5.74, 6) is -2.42. The SMILES string of the molecule is CC1(C)CC(=O)C2=C(C1)N(c1c(F)cccc1F)C(N)=C(C#N)[C@@H]2c1ccc(C(C)(C)C)s1. The molecule has 0 spiro atoms. The van der Waals surface area contributed by atoms with Crippen LogP contribution in [0.25, 0.3) is 0 Å². The molecule has 1 aromatic heterocycles. The number of nitrogens with two attached hydrogens (primary N) is 1. The third-order valence-corrected chi connectivity index (χ3v) is 7.77. The number of hydrogen-bond acceptors (Lipinski definition) is 5. The van der Waals surface area contributed by atoms with Gasteiger partial charge in [0.15, 0.2) is 5.78 Å². The summed E-state index contributed by atoms with van der Waals surface area (Å²) in [6, 6.07) is 9.66. The Bertz CT molecular complexity index is 1240. The highest BCUT2D eigenvalue weighted by Crippen LogP contribution is 2.52. The standard InChI is InChI=1S/C26H27F2N3OS/c1-25(2,3)20-10-9-19(33-20)21-14(13-29)24(30)31(23-15(27)7-6-8-16(23)28)17-11-26(4,5)12-18(32)22(17)21/h6-10,21H,11-12,30H2,1-5H3/t21-/m1/s1. The predicted octanol–water partition coefficient (Wildman–Crippen LogP) is 6.26. The van der Waals surface area contributed by atoms with Crippen LogP contribution in [0.5, 0.6) is 0 Å². The molecule has 0 saturated heterocycles. The van der Waals surface area contributed by atoms with Gasteiger partial charge in [0.05, 0.1) is 17.6 Å². The van der Waals surface area contributed by atoms with Gasteiger partial charge in [-0.25, -0.2) is 8.78 Å². The lowest BCUT2D eigenvalue weighted by Gasteiger charge is -2.43. The molecule has 0 radical (unpaired) electrons. The van der Waals surface area contributed by atoms with Crippen molar-refractivity contribution in [2.45, 2.75) is 58.8 Å². The fraction of sp³-hybridized carbons (Fsp3) is 0.385. The van der Waals surface area contributed by atoms with Crippen molar-refractivity contribution in [1.82, 2.24) is 0 Å². The Labute approximate surface area is 197 Å². The Balaban J connectivity index is 2.02. The van der Waals surface area contributed by atoms with Gasteiger partial charge in [0, 0.05) is 27.4 Å². The predicted molar refractivity (Wildman–Crippen MR) is 126 cm³/mol. The Morgan fingerprint density at radius 1 is 1.15 bits per heavy atom. The van der Waals surface area contributed by atoms with E-state index in [1.54, 1.807) is 0 Å². The molecular formula is C26H27F2N3OS. The third kappa shape index (κ3) is 3.87. The summed E-state index contributed by atoms with van der Waals surface area (Å²) in [4.78, 5) is 16.7. The van der Waals surface area contributed by atoms with Crippen LogP contribution in [0.15, 0.2) is 53.0 Å². The van der Waals surface area contributed by atoms with E-state index >= 15 is 0 Å². The van der Waals surface area contributed by atoms with Crippen LogP contribution in [0, 0.1) is 28.4 Å². The van der Waals surface area contributed by atoms with E-state index in [0.29, 0.717) is 17.7 Å². The Morgan fingerprint density at radius 2 is 1.79 bits per heavy atom. The number of hydrogen-bond donors (Lipinski definition) is 1. The number of carbonyl (C=O) groups excluding carboxylic acids is 1. The van der Waals surface area contributed by atoms with Gasteiger partial charge in [-0.1, -0.05) is 40.7 Å². The highest BCUT2D eigenvalue weighted by molar-refractivity contribution is 7.12. The van der Waals surface area contributed by atoms with Gasteiger partial charge in [-0.3, -0.25) is 9.69 Å². The van der Waals surface area contributed by atoms with Crippen LogP contribution >= 0.6 is 11.3 Å². The summed E-state index contributed by atoms with van der Waals surface area (Å²) in [5.41, 5.74) is 6.60. The van der Waals surface area contributed by atoms with Gasteiger partial charge in [-0.15, -0.1) is 11.3 Å². The maximum absolute atomic E-state index is 14.9. The van der Waals surface area contributed by atoms with Gasteiger partial charge < -0.3 is 5.73 Å². The lowest BCUT2D eigenvalue weighted by atomic mass is 9.69. The Hall–Kier alpha value is -2.98. The first-order valence-electron chi connectivity index (χ1n) is 10.9. The monoisotopic (exact) mass is 467 g/mol. The minimum atomic E-state index is -0.803. The zero-order valence-electron chi connectivity index (χ0n) is 19.4. The van der Waals surface area contributed by atoms with Crippen LogP contribution in [-0.4, -0.2) is 5.78 Å². The second kappa shape index (κ2) is 7.81. The Morgan fingerprint density at radius 3 is 2.33 bits per heavy atom. The van der Waals surface area contributed by atoms with E-state index in [1.165, 1.54) is 22.3 Å². The van der Waals surface area contributed by atoms with E-state index in [4.69, 9.17) is 5.73 Å². The van der Waals surface area contributed by atoms with E-state index < -0.39 is 23.0 Å². The van der Waals surface area contributed by atoms with Gasteiger partial charge in [-0.05, 0) is 41.5 Å². The highest BCUT2D eigenvalue weighted by atomic mass is 32.1. The minimum absolute atomic E-state index is 0.0403. The molecule has 1 aliphatic heterocycles. The second-order valence-corrected chi connectivity index (χ2v) is 11.6. The van der Waals surface area contributed by atoms with Gasteiger partial charge >= 0.3 is 0 Å². The molecule has 2 N–H and O–H groups in total. The van der Waals surface area contributed by atoms with Crippen molar-refractivity contribution in [3.8, 4) is 6.07 Å². The smallest absolute Gasteiger partial charge is 0.162 e. The van der Waals surface area contributed by atoms with Crippen molar-refractivity contribution in [3.05, 3.63) is 74.4 Å². The Kier molecular flexibility index (Phi) is 5.49. The number of Topliss-reactive ketones (excluding diaryl/α,β-unsaturated/α-hetero) is 1. The van der Waals surface area contributed by atoms with Crippen molar-refractivity contribution in [2.24, 2.45) is 11.1 Å². The molecule has 0 fully saturated rings. The van der Waals surface area contributed by atoms with E-state index in [9.17, 15) is 18.8 Å². The molecule has 2 aliphatic rings. The number of nitriles is 1. The normalized spacial score (nSPS) is 20.7. The molecule has 1 atom stereocenters. The van der Waals surface area contributed by atoms with Gasteiger partial charge in [0.1, 0.15) is 23.1 Å². The number of ketones is 1. The van der Waals surface area contributed by atoms with Crippen LogP contribution in [0.2, 0.25) is 0 Å². The van der Waals surface area contributed by atoms with Crippen molar-refractivity contribution >= 4 is 22.8 Å². The van der Waals surface area contributed by atoms with E-state index in [1.807, 2.05) is 26.0 Å². The van der Waals surface area contributed by atoms with Crippen LogP contribution in [0.1, 0.15) is 63.1 Å². The first-order valence-corrected chi connectivity index (χ1v) is 11.7. The maximum Gasteiger partial charge on any atom is 0.162 e. The molecule has 2 aromatic rings. The molecule has 1 aliphatic carbocycles. The molecule has 4 nitrogen and oxygen atoms in total. The average Bonchev–Trinajstić information content (AvgIpc) is 3.18. The molecule has 0 unspecified atom stereocenters. The van der Waals surface area contributed by atoms with Gasteiger partial charge in [0.2, 0.25) is 0 Å². The van der Waals surface area contributed by atoms with Crippen LogP contribution in [0.3, 0.4) is 0 Å². The number of rotatable bonds is 2. The first-order chi connectivity index (χ1) is 15.4. The molecular weight excluding hydrogens is 440 g/mol. The second-order valence-electron chi connectivity index (χ2n) is 10.5. The van der Waals surface area contributed by atoms with Gasteiger partial charge in [-0.2, -0.15) is 5.26 Å². The zero-order chi connectivity index (χ0) is 24.3. The molecule has 0 bridgehead atoms. The fourth-order valence-electron chi connectivity index (χ4n) is 4.66. The number of carbonyl (C=O) groups is 1. The number of anilines is 1. The number of thiophene rings is 1. The molecule has 0 amide bonds. The van der Waals surface area contributed by atoms with E-state index in [-0.39, 0.29) is 34.7 Å². The first kappa shape index (κ1) is 23.2. The summed E-state index contributed by atoms with van der Waals surface area (Å²) in [5, 5.41) is 10.1. The maximum atomic E-state index is 14.9. The molecule has 172 valence electrons. The largest absolute Gasteiger partial charge is 0.384 e. The number of nitrogens with zero attached hydrogens (tertiary/aromatic N) is 2. The van der Waals surface area contributed by atoms with Crippen LogP contribution in [0.4, 0.5) is 14.5 Å². The highest BCUT2D eigenvalue weighted by Gasteiger charge is 2.46. The third-order valence-electron chi connectivity index (χ3n) is 6.19. The quantitative estimate of drug-likeness (QED) is 0.566. The van der Waals surface area contributed by atoms with Crippen LogP contribution < -0.4 is 10.6 Å². The molecule has 33 heavy (non-hydrogen) atoms. The lowest BCUT2D eigenvalue weighted by Crippen LogP contribution is -2.42. The molecule has 7 heteroatoms. The molecule has 0 saturated carbocycles. The summed E-state index contributed by atoms with van der Waals surface area (Å²) < 4.78 is 29.8. The average molecular weight is 468 g/mol. The van der Waals surface area contributed by atoms with Crippen LogP contribution in [-0.2, 0) is 10.2 Å². The molecule has 4 rings (SSSR count). The fourth-order valence-corrected chi connectivity index (χ4v) is 5.85. The summed E-state index contributed by atoms with van der Waals surface area (Å²) in [6.07, 6.45) is 0.682. The van der Waals surface area contributed by atoms with Crippen molar-refractivity contribution < 1.29 is 13.6 Å². The molecule has 1 aromatic carbocycles. The van der Waals surface area contributed by atoms with E-state index in [2.05, 4.69) is 26.8 Å². The zero-order valence-corrected chi connectivity index (χ0v) is 20.2. The number of para-hydroxylation sites is 1. The van der Waals surface area contributed by atoms with Gasteiger partial charge in [0.25, 0.3) is 0 Å². The van der Waals surface area contributed by atoms with Crippen molar-refractivity contribution in [2.75, 3.05) is 4.90 Å². The number of benzene rings is 1. The van der Waals surface area contributed by atoms with Crippen molar-refractivity contribution in [3.63, 3.8) is 0 Å². The summed E-state index contributed by atoms with van der Waals surface area (Å²) in [7, 11) is 0. The summed E-state index contributed by atoms with van der Waals surface area (Å²) in [6.45, 7) is 10.2. The summed E-state index contributed by atoms with van der Waals surface area (Å²) >= 11 is 1.53. The minimum Gasteiger partial charge on any atom is -0.384 e. The number of halogens is 2. The topological polar surface area (TPSA) is 70.1 Å².